The first-order valence-electron chi connectivity index (χ1n) is 9.09. The summed E-state index contributed by atoms with van der Waals surface area (Å²) >= 11 is 0. The maximum absolute atomic E-state index is 2.27. The summed E-state index contributed by atoms with van der Waals surface area (Å²) in [4.78, 5) is 0. The first kappa shape index (κ1) is 15.1. The Balaban J connectivity index is 1.58. The predicted octanol–water partition coefficient (Wildman–Crippen LogP) is 2.37. The van der Waals surface area contributed by atoms with Crippen molar-refractivity contribution >= 4 is 0 Å². The third-order valence-electron chi connectivity index (χ3n) is 5.12. The zero-order valence-electron chi connectivity index (χ0n) is 14.7. The van der Waals surface area contributed by atoms with Gasteiger partial charge in [0, 0.05) is 23.3 Å². The predicted molar refractivity (Wildman–Crippen MR) is 98.5 cm³/mol. The summed E-state index contributed by atoms with van der Waals surface area (Å²) in [6.45, 7) is 3.54. The van der Waals surface area contributed by atoms with Crippen molar-refractivity contribution in [3.05, 3.63) is 108 Å². The highest BCUT2D eigenvalue weighted by Crippen LogP contribution is 2.09. The van der Waals surface area contributed by atoms with E-state index >= 15 is 0 Å². The molecule has 0 unspecified atom stereocenters. The van der Waals surface area contributed by atoms with Crippen molar-refractivity contribution in [1.29, 1.82) is 0 Å². The molecule has 4 aliphatic heterocycles. The quantitative estimate of drug-likeness (QED) is 0.385. The molecular weight excluding hydrogens is 320 g/mol. The lowest BCUT2D eigenvalue weighted by molar-refractivity contribution is -0.767. The second-order valence-electron chi connectivity index (χ2n) is 7.00. The first-order valence-corrected chi connectivity index (χ1v) is 9.09. The Morgan fingerprint density at radius 1 is 0.538 bits per heavy atom. The molecule has 0 radical (unpaired) electrons. The molecule has 0 saturated heterocycles. The van der Waals surface area contributed by atoms with E-state index in [0.717, 1.165) is 26.2 Å². The Kier molecular flexibility index (Phi) is 3.67. The zero-order valence-corrected chi connectivity index (χ0v) is 14.7. The molecule has 4 nitrogen and oxygen atoms in total. The van der Waals surface area contributed by atoms with Gasteiger partial charge in [0.2, 0.25) is 0 Å². The van der Waals surface area contributed by atoms with Crippen LogP contribution in [0.25, 0.3) is 0 Å². The Morgan fingerprint density at radius 3 is 1.35 bits per heavy atom. The minimum absolute atomic E-state index is 0.884. The van der Waals surface area contributed by atoms with E-state index in [1.807, 2.05) is 0 Å². The topological polar surface area (TPSA) is 17.6 Å². The molecule has 8 rings (SSSR count). The molecule has 6 heterocycles. The average Bonchev–Trinajstić information content (AvgIpc) is 3.27. The SMILES string of the molecule is c1cn2[n+](c1)Cc1ccc(cc1)Cn1ccc[n+]1Cc1ccc(cc1)C2. The van der Waals surface area contributed by atoms with Crippen molar-refractivity contribution in [1.82, 2.24) is 9.36 Å². The van der Waals surface area contributed by atoms with E-state index in [1.54, 1.807) is 0 Å². The van der Waals surface area contributed by atoms with E-state index < -0.39 is 0 Å². The van der Waals surface area contributed by atoms with Gasteiger partial charge < -0.3 is 0 Å². The summed E-state index contributed by atoms with van der Waals surface area (Å²) in [5.41, 5.74) is 5.28. The minimum Gasteiger partial charge on any atom is -0.156 e. The lowest BCUT2D eigenvalue weighted by Crippen LogP contribution is -2.43. The van der Waals surface area contributed by atoms with Gasteiger partial charge in [0.15, 0.2) is 25.5 Å². The molecule has 0 N–H and O–H groups in total. The molecule has 26 heavy (non-hydrogen) atoms. The summed E-state index contributed by atoms with van der Waals surface area (Å²) in [6.07, 6.45) is 8.59. The second kappa shape index (κ2) is 6.30. The van der Waals surface area contributed by atoms with E-state index in [4.69, 9.17) is 0 Å². The highest BCUT2D eigenvalue weighted by molar-refractivity contribution is 5.23. The van der Waals surface area contributed by atoms with Crippen LogP contribution < -0.4 is 9.36 Å². The van der Waals surface area contributed by atoms with E-state index in [1.165, 1.54) is 22.3 Å². The number of rotatable bonds is 0. The largest absolute Gasteiger partial charge is 0.197 e. The van der Waals surface area contributed by atoms with Gasteiger partial charge in [-0.2, -0.15) is 9.36 Å². The standard InChI is InChI=1S/C22H22N4/c1-11-23-15-19-3-7-21(8-4-19)17-25-13-2-14-26(25)18-22-9-5-20(6-10-22)16-24(23)12-1/h1-14H,15-18H2/q+2. The van der Waals surface area contributed by atoms with Gasteiger partial charge in [0.1, 0.15) is 13.1 Å². The molecular formula is C22H22N4+2. The summed E-state index contributed by atoms with van der Waals surface area (Å²) < 4.78 is 9.09. The van der Waals surface area contributed by atoms with Crippen LogP contribution in [0, 0.1) is 0 Å². The Bertz CT molecular complexity index is 858. The molecule has 4 aromatic rings. The van der Waals surface area contributed by atoms with Crippen LogP contribution in [-0.2, 0) is 26.2 Å². The van der Waals surface area contributed by atoms with Crippen LogP contribution in [0.4, 0.5) is 0 Å². The van der Waals surface area contributed by atoms with Gasteiger partial charge in [0.25, 0.3) is 0 Å². The Labute approximate surface area is 153 Å². The van der Waals surface area contributed by atoms with Crippen molar-refractivity contribution in [3.8, 4) is 0 Å². The van der Waals surface area contributed by atoms with Crippen molar-refractivity contribution in [2.24, 2.45) is 0 Å². The van der Waals surface area contributed by atoms with Crippen LogP contribution in [0.2, 0.25) is 0 Å². The number of benzene rings is 2. The second-order valence-corrected chi connectivity index (χ2v) is 7.00. The molecule has 0 aliphatic carbocycles. The summed E-state index contributed by atoms with van der Waals surface area (Å²) in [5.74, 6) is 0. The van der Waals surface area contributed by atoms with Gasteiger partial charge in [-0.1, -0.05) is 48.5 Å². The zero-order chi connectivity index (χ0) is 17.3. The Hall–Kier alpha value is -3.14. The molecule has 4 bridgehead atoms. The number of aromatic nitrogens is 4. The van der Waals surface area contributed by atoms with E-state index in [0.29, 0.717) is 0 Å². The van der Waals surface area contributed by atoms with Gasteiger partial charge >= 0.3 is 0 Å². The fourth-order valence-electron chi connectivity index (χ4n) is 3.64. The fraction of sp³-hybridized carbons (Fsp3) is 0.182. The highest BCUT2D eigenvalue weighted by Gasteiger charge is 2.13. The molecule has 4 aliphatic rings. The van der Waals surface area contributed by atoms with Crippen LogP contribution in [-0.4, -0.2) is 9.36 Å². The van der Waals surface area contributed by atoms with Crippen LogP contribution in [0.5, 0.6) is 0 Å². The number of hydrogen-bond acceptors (Lipinski definition) is 0. The molecule has 0 fully saturated rings. The van der Waals surface area contributed by atoms with Crippen LogP contribution in [0.1, 0.15) is 22.3 Å². The third-order valence-corrected chi connectivity index (χ3v) is 5.12. The van der Waals surface area contributed by atoms with Gasteiger partial charge in [0.05, 0.1) is 12.4 Å². The minimum atomic E-state index is 0.884. The smallest absolute Gasteiger partial charge is 0.156 e. The van der Waals surface area contributed by atoms with Crippen molar-refractivity contribution in [2.45, 2.75) is 26.2 Å². The van der Waals surface area contributed by atoms with E-state index in [-0.39, 0.29) is 0 Å². The molecule has 2 aromatic heterocycles. The lowest BCUT2D eigenvalue weighted by atomic mass is 10.1. The van der Waals surface area contributed by atoms with Crippen LogP contribution >= 0.6 is 0 Å². The fourth-order valence-corrected chi connectivity index (χ4v) is 3.64. The van der Waals surface area contributed by atoms with E-state index in [9.17, 15) is 0 Å². The normalized spacial score (nSPS) is 13.5. The monoisotopic (exact) mass is 342 g/mol. The lowest BCUT2D eigenvalue weighted by Gasteiger charge is -2.08. The van der Waals surface area contributed by atoms with Gasteiger partial charge in [-0.25, -0.2) is 0 Å². The first-order chi connectivity index (χ1) is 12.8. The van der Waals surface area contributed by atoms with Crippen LogP contribution in [0.15, 0.2) is 85.5 Å². The summed E-state index contributed by atoms with van der Waals surface area (Å²) in [7, 11) is 0. The third kappa shape index (κ3) is 2.94. The molecule has 0 atom stereocenters. The molecule has 4 heteroatoms. The van der Waals surface area contributed by atoms with Gasteiger partial charge in [-0.3, -0.25) is 0 Å². The molecule has 0 amide bonds. The maximum Gasteiger partial charge on any atom is 0.197 e. The van der Waals surface area contributed by atoms with Gasteiger partial charge in [-0.15, -0.1) is 9.36 Å². The highest BCUT2D eigenvalue weighted by atomic mass is 15.4. The van der Waals surface area contributed by atoms with Gasteiger partial charge in [-0.05, 0) is 11.1 Å². The van der Waals surface area contributed by atoms with Crippen molar-refractivity contribution in [3.63, 3.8) is 0 Å². The average molecular weight is 342 g/mol. The van der Waals surface area contributed by atoms with Crippen molar-refractivity contribution in [2.75, 3.05) is 0 Å². The summed E-state index contributed by atoms with van der Waals surface area (Å²) in [5, 5.41) is 0. The molecule has 0 spiro atoms. The molecule has 2 aromatic carbocycles. The van der Waals surface area contributed by atoms with E-state index in [2.05, 4.69) is 104 Å². The van der Waals surface area contributed by atoms with Crippen molar-refractivity contribution < 1.29 is 9.36 Å². The molecule has 0 saturated carbocycles. The molecule has 128 valence electrons. The maximum atomic E-state index is 2.27. The number of nitrogens with zero attached hydrogens (tertiary/aromatic N) is 4. The van der Waals surface area contributed by atoms with Crippen LogP contribution in [0.3, 0.4) is 0 Å². The number of hydrogen-bond donors (Lipinski definition) is 0. The Morgan fingerprint density at radius 2 is 0.923 bits per heavy atom. The summed E-state index contributed by atoms with van der Waals surface area (Å²) in [6, 6.07) is 22.2.